The lowest BCUT2D eigenvalue weighted by molar-refractivity contribution is 0.0945. The second kappa shape index (κ2) is 7.78. The fraction of sp³-hybridized carbons (Fsp3) is 0.208. The number of carbonyl (C=O) groups excluding carboxylic acids is 1. The van der Waals surface area contributed by atoms with Crippen LogP contribution in [0.2, 0.25) is 5.02 Å². The maximum absolute atomic E-state index is 13.4. The minimum absolute atomic E-state index is 0.128. The molecule has 2 unspecified atom stereocenters. The predicted octanol–water partition coefficient (Wildman–Crippen LogP) is 5.53. The van der Waals surface area contributed by atoms with Gasteiger partial charge in [-0.2, -0.15) is 0 Å². The number of halogens is 1. The maximum Gasteiger partial charge on any atom is 0.174 e. The lowest BCUT2D eigenvalue weighted by Crippen LogP contribution is -2.31. The quantitative estimate of drug-likeness (QED) is 0.635. The first-order valence-corrected chi connectivity index (χ1v) is 9.79. The monoisotopic (exact) mass is 390 g/mol. The van der Waals surface area contributed by atoms with Gasteiger partial charge in [-0.05, 0) is 55.1 Å². The van der Waals surface area contributed by atoms with Crippen LogP contribution >= 0.6 is 11.6 Å². The van der Waals surface area contributed by atoms with Crippen molar-refractivity contribution in [2.45, 2.75) is 18.5 Å². The first kappa shape index (κ1) is 18.7. The molecule has 4 rings (SSSR count). The smallest absolute Gasteiger partial charge is 0.174 e. The van der Waals surface area contributed by atoms with E-state index in [1.54, 1.807) is 0 Å². The number of carbonyl (C=O) groups is 1. The van der Waals surface area contributed by atoms with Crippen LogP contribution in [0.5, 0.6) is 0 Å². The van der Waals surface area contributed by atoms with Gasteiger partial charge in [0.25, 0.3) is 0 Å². The Morgan fingerprint density at radius 1 is 0.893 bits per heavy atom. The average Bonchev–Trinajstić information content (AvgIpc) is 2.69. The van der Waals surface area contributed by atoms with Crippen molar-refractivity contribution >= 4 is 23.1 Å². The topological polar surface area (TPSA) is 32.3 Å². The lowest BCUT2D eigenvalue weighted by Gasteiger charge is -2.34. The molecule has 1 heterocycles. The van der Waals surface area contributed by atoms with Crippen molar-refractivity contribution in [2.75, 3.05) is 19.4 Å². The van der Waals surface area contributed by atoms with Crippen molar-refractivity contribution in [2.24, 2.45) is 0 Å². The zero-order valence-corrected chi connectivity index (χ0v) is 16.8. The molecule has 0 bridgehead atoms. The fourth-order valence-electron chi connectivity index (χ4n) is 3.88. The van der Waals surface area contributed by atoms with E-state index < -0.39 is 0 Å². The van der Waals surface area contributed by atoms with Crippen LogP contribution in [0.15, 0.2) is 72.8 Å². The Hall–Kier alpha value is -2.62. The van der Waals surface area contributed by atoms with E-state index in [2.05, 4.69) is 48.6 Å². The van der Waals surface area contributed by atoms with Gasteiger partial charge in [-0.3, -0.25) is 4.79 Å². The van der Waals surface area contributed by atoms with Crippen LogP contribution in [0.3, 0.4) is 0 Å². The summed E-state index contributed by atoms with van der Waals surface area (Å²) in [6.07, 6.45) is 0. The highest BCUT2D eigenvalue weighted by atomic mass is 35.5. The molecule has 1 aliphatic rings. The molecular weight excluding hydrogens is 368 g/mol. The molecule has 0 saturated carbocycles. The second-order valence-electron chi connectivity index (χ2n) is 7.54. The molecule has 0 spiro atoms. The third-order valence-corrected chi connectivity index (χ3v) is 5.44. The number of nitrogens with one attached hydrogen (secondary N) is 1. The van der Waals surface area contributed by atoms with E-state index in [4.69, 9.17) is 11.6 Å². The number of benzene rings is 3. The molecule has 1 N–H and O–H groups in total. The van der Waals surface area contributed by atoms with Gasteiger partial charge in [0.1, 0.15) is 0 Å². The van der Waals surface area contributed by atoms with Gasteiger partial charge in [-0.25, -0.2) is 0 Å². The maximum atomic E-state index is 13.4. The number of anilines is 1. The SMILES string of the molecule is CN(C)Cc1ccc(C2Nc3ccccc3C(=O)C2c2ccc(Cl)cc2)cc1. The van der Waals surface area contributed by atoms with Gasteiger partial charge in [-0.15, -0.1) is 0 Å². The molecule has 4 heteroatoms. The highest BCUT2D eigenvalue weighted by Gasteiger charge is 2.37. The minimum atomic E-state index is -0.299. The Balaban J connectivity index is 1.76. The van der Waals surface area contributed by atoms with Crippen molar-refractivity contribution < 1.29 is 4.79 Å². The molecule has 0 saturated heterocycles. The Morgan fingerprint density at radius 3 is 2.21 bits per heavy atom. The van der Waals surface area contributed by atoms with E-state index in [0.717, 1.165) is 28.9 Å². The van der Waals surface area contributed by atoms with Crippen molar-refractivity contribution in [3.05, 3.63) is 100 Å². The number of rotatable bonds is 4. The summed E-state index contributed by atoms with van der Waals surface area (Å²) in [5.74, 6) is -0.161. The summed E-state index contributed by atoms with van der Waals surface area (Å²) < 4.78 is 0. The first-order chi connectivity index (χ1) is 13.5. The van der Waals surface area contributed by atoms with Gasteiger partial charge in [0, 0.05) is 22.8 Å². The summed E-state index contributed by atoms with van der Waals surface area (Å²) in [6, 6.07) is 23.7. The van der Waals surface area contributed by atoms with Crippen LogP contribution in [-0.2, 0) is 6.54 Å². The Labute approximate surface area is 171 Å². The van der Waals surface area contributed by atoms with Crippen LogP contribution in [0.1, 0.15) is 39.0 Å². The molecule has 0 aliphatic carbocycles. The summed E-state index contributed by atoms with van der Waals surface area (Å²) in [7, 11) is 4.12. The van der Waals surface area contributed by atoms with Gasteiger partial charge in [0.05, 0.1) is 12.0 Å². The summed E-state index contributed by atoms with van der Waals surface area (Å²) >= 11 is 6.08. The molecule has 142 valence electrons. The normalized spacial score (nSPS) is 18.6. The molecule has 0 aromatic heterocycles. The highest BCUT2D eigenvalue weighted by molar-refractivity contribution is 6.30. The number of fused-ring (bicyclic) bond motifs is 1. The number of hydrogen-bond donors (Lipinski definition) is 1. The van der Waals surface area contributed by atoms with Gasteiger partial charge in [0.15, 0.2) is 5.78 Å². The van der Waals surface area contributed by atoms with Gasteiger partial charge < -0.3 is 10.2 Å². The third-order valence-electron chi connectivity index (χ3n) is 5.19. The summed E-state index contributed by atoms with van der Waals surface area (Å²) in [6.45, 7) is 0.890. The van der Waals surface area contributed by atoms with E-state index in [0.29, 0.717) is 5.02 Å². The molecule has 28 heavy (non-hydrogen) atoms. The Kier molecular flexibility index (Phi) is 5.21. The second-order valence-corrected chi connectivity index (χ2v) is 7.98. The Morgan fingerprint density at radius 2 is 1.54 bits per heavy atom. The molecule has 1 aliphatic heterocycles. The predicted molar refractivity (Wildman–Crippen MR) is 115 cm³/mol. The molecule has 3 aromatic rings. The van der Waals surface area contributed by atoms with E-state index in [-0.39, 0.29) is 17.7 Å². The standard InChI is InChI=1S/C24H23ClN2O/c1-27(2)15-16-7-9-18(10-8-16)23-22(17-11-13-19(25)14-12-17)24(28)20-5-3-4-6-21(20)26-23/h3-14,22-23,26H,15H2,1-2H3. The summed E-state index contributed by atoms with van der Waals surface area (Å²) in [4.78, 5) is 15.6. The molecule has 0 fully saturated rings. The van der Waals surface area contributed by atoms with Crippen LogP contribution in [0, 0.1) is 0 Å². The number of hydrogen-bond acceptors (Lipinski definition) is 3. The van der Waals surface area contributed by atoms with Crippen LogP contribution in [-0.4, -0.2) is 24.8 Å². The summed E-state index contributed by atoms with van der Waals surface area (Å²) in [5, 5.41) is 4.27. The molecule has 3 aromatic carbocycles. The first-order valence-electron chi connectivity index (χ1n) is 9.42. The number of ketones is 1. The number of nitrogens with zero attached hydrogens (tertiary/aromatic N) is 1. The minimum Gasteiger partial charge on any atom is -0.377 e. The van der Waals surface area contributed by atoms with Crippen molar-refractivity contribution in [1.29, 1.82) is 0 Å². The van der Waals surface area contributed by atoms with Gasteiger partial charge in [-0.1, -0.05) is 60.1 Å². The molecule has 0 radical (unpaired) electrons. The van der Waals surface area contributed by atoms with E-state index in [9.17, 15) is 4.79 Å². The summed E-state index contributed by atoms with van der Waals surface area (Å²) in [5.41, 5.74) is 4.95. The lowest BCUT2D eigenvalue weighted by atomic mass is 9.78. The largest absolute Gasteiger partial charge is 0.377 e. The van der Waals surface area contributed by atoms with Gasteiger partial charge >= 0.3 is 0 Å². The van der Waals surface area contributed by atoms with Crippen LogP contribution in [0.25, 0.3) is 0 Å². The van der Waals surface area contributed by atoms with E-state index in [1.807, 2.05) is 48.5 Å². The van der Waals surface area contributed by atoms with Crippen molar-refractivity contribution in [1.82, 2.24) is 4.90 Å². The zero-order valence-electron chi connectivity index (χ0n) is 16.0. The van der Waals surface area contributed by atoms with Gasteiger partial charge in [0.2, 0.25) is 0 Å². The zero-order chi connectivity index (χ0) is 19.7. The number of Topliss-reactive ketones (excluding diaryl/α,β-unsaturated/α-hetero) is 1. The average molecular weight is 391 g/mol. The molecule has 0 amide bonds. The van der Waals surface area contributed by atoms with Crippen LogP contribution in [0.4, 0.5) is 5.69 Å². The van der Waals surface area contributed by atoms with Crippen LogP contribution < -0.4 is 5.32 Å². The molecule has 3 nitrogen and oxygen atoms in total. The fourth-order valence-corrected chi connectivity index (χ4v) is 4.00. The molecule has 2 atom stereocenters. The van der Waals surface area contributed by atoms with Crippen molar-refractivity contribution in [3.63, 3.8) is 0 Å². The highest BCUT2D eigenvalue weighted by Crippen LogP contribution is 2.42. The number of para-hydroxylation sites is 1. The molecular formula is C24H23ClN2O. The van der Waals surface area contributed by atoms with E-state index >= 15 is 0 Å². The third kappa shape index (κ3) is 3.68. The van der Waals surface area contributed by atoms with Crippen molar-refractivity contribution in [3.8, 4) is 0 Å². The Bertz CT molecular complexity index is 980. The van der Waals surface area contributed by atoms with E-state index in [1.165, 1.54) is 5.56 Å².